The van der Waals surface area contributed by atoms with E-state index >= 15 is 0 Å². The van der Waals surface area contributed by atoms with Crippen LogP contribution >= 0.6 is 0 Å². The highest BCUT2D eigenvalue weighted by Gasteiger charge is 2.48. The minimum absolute atomic E-state index is 0.211. The van der Waals surface area contributed by atoms with Crippen LogP contribution in [0.1, 0.15) is 19.3 Å². The van der Waals surface area contributed by atoms with Crippen molar-refractivity contribution in [1.29, 1.82) is 0 Å². The number of ether oxygens (including phenoxy) is 1. The molecule has 1 aromatic heterocycles. The number of likely N-dealkylation sites (tertiary alicyclic amines) is 1. The number of rotatable bonds is 3. The molecule has 0 saturated carbocycles. The van der Waals surface area contributed by atoms with Crippen molar-refractivity contribution in [2.45, 2.75) is 30.9 Å². The van der Waals surface area contributed by atoms with Crippen molar-refractivity contribution in [2.24, 2.45) is 5.16 Å². The fourth-order valence-corrected chi connectivity index (χ4v) is 3.50. The zero-order chi connectivity index (χ0) is 15.7. The summed E-state index contributed by atoms with van der Waals surface area (Å²) in [7, 11) is 0. The molecule has 2 fully saturated rings. The quantitative estimate of drug-likeness (QED) is 0.901. The lowest BCUT2D eigenvalue weighted by atomic mass is 9.96. The van der Waals surface area contributed by atoms with Gasteiger partial charge in [-0.3, -0.25) is 14.7 Å². The number of nitrogens with one attached hydrogen (secondary N) is 1. The van der Waals surface area contributed by atoms with Crippen LogP contribution in [0.4, 0.5) is 5.69 Å². The van der Waals surface area contributed by atoms with Gasteiger partial charge in [0.25, 0.3) is 5.91 Å². The molecule has 3 aliphatic rings. The number of carbonyl (C=O) groups is 1. The van der Waals surface area contributed by atoms with Gasteiger partial charge in [-0.2, -0.15) is 0 Å². The van der Waals surface area contributed by atoms with Gasteiger partial charge in [-0.1, -0.05) is 5.16 Å². The molecule has 2 saturated heterocycles. The van der Waals surface area contributed by atoms with Gasteiger partial charge in [-0.25, -0.2) is 0 Å². The number of amides is 1. The van der Waals surface area contributed by atoms with E-state index in [2.05, 4.69) is 20.4 Å². The standard InChI is InChI=1S/C16H20N4O3/c21-15(18-12-2-1-5-17-9-12)14-8-16(23-19-14)4-6-20(11-16)13-3-7-22-10-13/h1-2,5,9,13H,3-4,6-8,10-11H2,(H,18,21)/t13-,16+/m1/s1. The van der Waals surface area contributed by atoms with Crippen molar-refractivity contribution >= 4 is 17.3 Å². The molecule has 1 spiro atoms. The predicted octanol–water partition coefficient (Wildman–Crippen LogP) is 1.03. The molecule has 4 heterocycles. The van der Waals surface area contributed by atoms with E-state index in [1.54, 1.807) is 24.5 Å². The van der Waals surface area contributed by atoms with E-state index in [1.165, 1.54) is 0 Å². The lowest BCUT2D eigenvalue weighted by Gasteiger charge is -2.25. The van der Waals surface area contributed by atoms with Crippen LogP contribution in [0, 0.1) is 0 Å². The summed E-state index contributed by atoms with van der Waals surface area (Å²) in [5.41, 5.74) is 0.778. The molecule has 1 amide bonds. The number of nitrogens with zero attached hydrogens (tertiary/aromatic N) is 3. The van der Waals surface area contributed by atoms with Crippen LogP contribution in [0.2, 0.25) is 0 Å². The van der Waals surface area contributed by atoms with Crippen LogP contribution in [0.3, 0.4) is 0 Å². The Balaban J connectivity index is 1.36. The van der Waals surface area contributed by atoms with Gasteiger partial charge in [-0.15, -0.1) is 0 Å². The summed E-state index contributed by atoms with van der Waals surface area (Å²) in [6.07, 6.45) is 5.81. The van der Waals surface area contributed by atoms with E-state index in [1.807, 2.05) is 0 Å². The lowest BCUT2D eigenvalue weighted by Crippen LogP contribution is -2.39. The molecule has 1 N–H and O–H groups in total. The van der Waals surface area contributed by atoms with Crippen molar-refractivity contribution < 1.29 is 14.4 Å². The first-order valence-corrected chi connectivity index (χ1v) is 8.02. The second kappa shape index (κ2) is 5.90. The molecular weight excluding hydrogens is 296 g/mol. The molecule has 0 radical (unpaired) electrons. The second-order valence-electron chi connectivity index (χ2n) is 6.42. The number of aromatic nitrogens is 1. The smallest absolute Gasteiger partial charge is 0.273 e. The van der Waals surface area contributed by atoms with Gasteiger partial charge in [0.1, 0.15) is 5.71 Å². The zero-order valence-electron chi connectivity index (χ0n) is 12.9. The number of carbonyl (C=O) groups excluding carboxylic acids is 1. The summed E-state index contributed by atoms with van der Waals surface area (Å²) in [5, 5.41) is 6.87. The summed E-state index contributed by atoms with van der Waals surface area (Å²) in [5.74, 6) is -0.211. The van der Waals surface area contributed by atoms with Crippen LogP contribution in [0.5, 0.6) is 0 Å². The highest BCUT2D eigenvalue weighted by atomic mass is 16.7. The van der Waals surface area contributed by atoms with Crippen molar-refractivity contribution in [3.8, 4) is 0 Å². The maximum absolute atomic E-state index is 12.3. The third-order valence-electron chi connectivity index (χ3n) is 4.79. The first kappa shape index (κ1) is 14.6. The largest absolute Gasteiger partial charge is 0.387 e. The molecule has 23 heavy (non-hydrogen) atoms. The Bertz CT molecular complexity index is 615. The number of anilines is 1. The highest BCUT2D eigenvalue weighted by molar-refractivity contribution is 6.43. The van der Waals surface area contributed by atoms with Crippen molar-refractivity contribution in [3.63, 3.8) is 0 Å². The fraction of sp³-hybridized carbons (Fsp3) is 0.562. The maximum atomic E-state index is 12.3. The molecule has 0 aromatic carbocycles. The molecule has 3 aliphatic heterocycles. The topological polar surface area (TPSA) is 76.0 Å². The van der Waals surface area contributed by atoms with Crippen molar-refractivity contribution in [3.05, 3.63) is 24.5 Å². The molecule has 0 aliphatic carbocycles. The van der Waals surface area contributed by atoms with Gasteiger partial charge < -0.3 is 14.9 Å². The van der Waals surface area contributed by atoms with Crippen LogP contribution in [-0.4, -0.2) is 59.4 Å². The monoisotopic (exact) mass is 316 g/mol. The Morgan fingerprint density at radius 1 is 1.48 bits per heavy atom. The van der Waals surface area contributed by atoms with Crippen molar-refractivity contribution in [1.82, 2.24) is 9.88 Å². The Morgan fingerprint density at radius 2 is 2.43 bits per heavy atom. The molecule has 4 rings (SSSR count). The minimum Gasteiger partial charge on any atom is -0.387 e. The van der Waals surface area contributed by atoms with E-state index in [9.17, 15) is 4.79 Å². The average Bonchev–Trinajstić information content (AvgIpc) is 3.30. The van der Waals surface area contributed by atoms with Gasteiger partial charge in [0, 0.05) is 44.8 Å². The van der Waals surface area contributed by atoms with E-state index in [0.717, 1.165) is 39.1 Å². The molecular formula is C16H20N4O3. The van der Waals surface area contributed by atoms with Crippen LogP contribution in [0.25, 0.3) is 0 Å². The first-order valence-electron chi connectivity index (χ1n) is 8.02. The first-order chi connectivity index (χ1) is 11.2. The van der Waals surface area contributed by atoms with Gasteiger partial charge in [0.15, 0.2) is 5.60 Å². The summed E-state index contributed by atoms with van der Waals surface area (Å²) < 4.78 is 5.47. The average molecular weight is 316 g/mol. The van der Waals surface area contributed by atoms with Crippen molar-refractivity contribution in [2.75, 3.05) is 31.6 Å². The van der Waals surface area contributed by atoms with Gasteiger partial charge in [0.05, 0.1) is 18.5 Å². The SMILES string of the molecule is O=C(Nc1cccnc1)C1=NO[C@@]2(CCN([C@@H]3CCOC3)C2)C1. The van der Waals surface area contributed by atoms with E-state index in [0.29, 0.717) is 23.9 Å². The second-order valence-corrected chi connectivity index (χ2v) is 6.42. The van der Waals surface area contributed by atoms with Gasteiger partial charge in [0.2, 0.25) is 0 Å². The van der Waals surface area contributed by atoms with Gasteiger partial charge >= 0.3 is 0 Å². The van der Waals surface area contributed by atoms with E-state index in [-0.39, 0.29) is 11.5 Å². The molecule has 2 atom stereocenters. The lowest BCUT2D eigenvalue weighted by molar-refractivity contribution is -0.110. The normalized spacial score (nSPS) is 30.4. The summed E-state index contributed by atoms with van der Waals surface area (Å²) in [6.45, 7) is 3.42. The number of hydrogen-bond donors (Lipinski definition) is 1. The highest BCUT2D eigenvalue weighted by Crippen LogP contribution is 2.35. The third-order valence-corrected chi connectivity index (χ3v) is 4.79. The maximum Gasteiger partial charge on any atom is 0.273 e. The fourth-order valence-electron chi connectivity index (χ4n) is 3.50. The Morgan fingerprint density at radius 3 is 3.22 bits per heavy atom. The number of hydrogen-bond acceptors (Lipinski definition) is 6. The zero-order valence-corrected chi connectivity index (χ0v) is 12.9. The van der Waals surface area contributed by atoms with Crippen LogP contribution < -0.4 is 5.32 Å². The van der Waals surface area contributed by atoms with Crippen LogP contribution in [-0.2, 0) is 14.4 Å². The number of oxime groups is 1. The molecule has 1 aromatic rings. The molecule has 122 valence electrons. The van der Waals surface area contributed by atoms with Gasteiger partial charge in [-0.05, 0) is 18.6 Å². The molecule has 7 nitrogen and oxygen atoms in total. The van der Waals surface area contributed by atoms with E-state index in [4.69, 9.17) is 9.57 Å². The molecule has 0 unspecified atom stereocenters. The Hall–Kier alpha value is -1.99. The minimum atomic E-state index is -0.343. The third kappa shape index (κ3) is 2.94. The number of pyridine rings is 1. The summed E-state index contributed by atoms with van der Waals surface area (Å²) in [4.78, 5) is 24.4. The molecule has 0 bridgehead atoms. The summed E-state index contributed by atoms with van der Waals surface area (Å²) in [6, 6.07) is 4.06. The molecule has 7 heteroatoms. The Kier molecular flexibility index (Phi) is 3.74. The van der Waals surface area contributed by atoms with E-state index < -0.39 is 0 Å². The summed E-state index contributed by atoms with van der Waals surface area (Å²) >= 11 is 0. The predicted molar refractivity (Wildman–Crippen MR) is 84.1 cm³/mol. The Labute approximate surface area is 134 Å². The van der Waals surface area contributed by atoms with Crippen LogP contribution in [0.15, 0.2) is 29.7 Å².